The van der Waals surface area contributed by atoms with Crippen LogP contribution in [0.2, 0.25) is 0 Å². The standard InChI is InChI=1S/C32H39F2N3O2/c1-5-37(32(2,3)4)29-14-8-24(9-15-29)21-35-31(38)39-17-16-36-22-25-10-13-28(34)19-26(25)20-30(36)18-23-6-11-27(33)12-7-23/h6-15,19,30H,5,16-18,20-22H2,1-4H3,(H,35,38). The van der Waals surface area contributed by atoms with Gasteiger partial charge in [-0.3, -0.25) is 4.90 Å². The van der Waals surface area contributed by atoms with Crippen molar-refractivity contribution in [2.45, 2.75) is 65.2 Å². The second kappa shape index (κ2) is 12.6. The highest BCUT2D eigenvalue weighted by Crippen LogP contribution is 2.27. The minimum Gasteiger partial charge on any atom is -0.448 e. The molecule has 0 fully saturated rings. The number of nitrogens with zero attached hydrogens (tertiary/aromatic N) is 2. The topological polar surface area (TPSA) is 44.8 Å². The van der Waals surface area contributed by atoms with E-state index in [1.807, 2.05) is 18.2 Å². The first-order valence-corrected chi connectivity index (χ1v) is 13.7. The molecular formula is C32H39F2N3O2. The number of ether oxygens (including phenoxy) is 1. The van der Waals surface area contributed by atoms with Crippen LogP contribution in [0.1, 0.15) is 49.9 Å². The minimum atomic E-state index is -0.460. The van der Waals surface area contributed by atoms with Crippen LogP contribution in [0.3, 0.4) is 0 Å². The summed E-state index contributed by atoms with van der Waals surface area (Å²) in [6, 6.07) is 19.7. The number of rotatable bonds is 9. The van der Waals surface area contributed by atoms with Crippen LogP contribution in [-0.4, -0.2) is 42.3 Å². The molecule has 0 bridgehead atoms. The largest absolute Gasteiger partial charge is 0.448 e. The molecule has 1 N–H and O–H groups in total. The molecule has 0 aliphatic carbocycles. The summed E-state index contributed by atoms with van der Waals surface area (Å²) in [6.07, 6.45) is 0.916. The summed E-state index contributed by atoms with van der Waals surface area (Å²) >= 11 is 0. The van der Waals surface area contributed by atoms with Crippen molar-refractivity contribution in [2.24, 2.45) is 0 Å². The van der Waals surface area contributed by atoms with Gasteiger partial charge in [-0.05, 0) is 99.2 Å². The third-order valence-corrected chi connectivity index (χ3v) is 7.32. The average Bonchev–Trinajstić information content (AvgIpc) is 2.89. The summed E-state index contributed by atoms with van der Waals surface area (Å²) in [5.41, 5.74) is 5.27. The van der Waals surface area contributed by atoms with E-state index >= 15 is 0 Å². The Kier molecular flexibility index (Phi) is 9.23. The molecule has 0 saturated heterocycles. The molecule has 0 aromatic heterocycles. The number of halogens is 2. The molecule has 1 atom stereocenters. The molecule has 3 aromatic carbocycles. The molecule has 1 amide bonds. The minimum absolute atomic E-state index is 0.0307. The normalized spacial score (nSPS) is 15.5. The predicted octanol–water partition coefficient (Wildman–Crippen LogP) is 6.49. The van der Waals surface area contributed by atoms with E-state index < -0.39 is 6.09 Å². The van der Waals surface area contributed by atoms with Crippen LogP contribution in [-0.2, 0) is 30.7 Å². The fourth-order valence-corrected chi connectivity index (χ4v) is 5.34. The van der Waals surface area contributed by atoms with Gasteiger partial charge in [0.15, 0.2) is 0 Å². The van der Waals surface area contributed by atoms with E-state index in [0.29, 0.717) is 32.5 Å². The van der Waals surface area contributed by atoms with Crippen molar-refractivity contribution in [3.8, 4) is 0 Å². The predicted molar refractivity (Wildman–Crippen MR) is 152 cm³/mol. The molecule has 0 radical (unpaired) electrons. The Balaban J connectivity index is 1.30. The van der Waals surface area contributed by atoms with E-state index in [1.165, 1.54) is 18.2 Å². The molecule has 4 rings (SSSR count). The smallest absolute Gasteiger partial charge is 0.407 e. The maximum absolute atomic E-state index is 13.9. The van der Waals surface area contributed by atoms with Gasteiger partial charge in [0.05, 0.1) is 0 Å². The van der Waals surface area contributed by atoms with Crippen molar-refractivity contribution in [3.05, 3.63) is 101 Å². The Morgan fingerprint density at radius 3 is 2.31 bits per heavy atom. The summed E-state index contributed by atoms with van der Waals surface area (Å²) in [5.74, 6) is -0.510. The number of benzene rings is 3. The van der Waals surface area contributed by atoms with Crippen LogP contribution in [0, 0.1) is 11.6 Å². The maximum Gasteiger partial charge on any atom is 0.407 e. The van der Waals surface area contributed by atoms with Crippen LogP contribution < -0.4 is 10.2 Å². The summed E-state index contributed by atoms with van der Waals surface area (Å²) in [7, 11) is 0. The molecule has 0 spiro atoms. The average molecular weight is 536 g/mol. The highest BCUT2D eigenvalue weighted by molar-refractivity contribution is 5.67. The van der Waals surface area contributed by atoms with Gasteiger partial charge in [-0.15, -0.1) is 0 Å². The lowest BCUT2D eigenvalue weighted by Gasteiger charge is -2.37. The first kappa shape index (κ1) is 28.6. The number of nitrogens with one attached hydrogen (secondary N) is 1. The Morgan fingerprint density at radius 1 is 0.974 bits per heavy atom. The zero-order valence-corrected chi connectivity index (χ0v) is 23.3. The van der Waals surface area contributed by atoms with Gasteiger partial charge in [-0.1, -0.05) is 30.3 Å². The van der Waals surface area contributed by atoms with Crippen molar-refractivity contribution in [2.75, 3.05) is 24.6 Å². The molecule has 39 heavy (non-hydrogen) atoms. The van der Waals surface area contributed by atoms with Crippen molar-refractivity contribution < 1.29 is 18.3 Å². The third kappa shape index (κ3) is 7.79. The Labute approximate surface area is 230 Å². The quantitative estimate of drug-likeness (QED) is 0.340. The summed E-state index contributed by atoms with van der Waals surface area (Å²) < 4.78 is 32.8. The zero-order chi connectivity index (χ0) is 28.0. The van der Waals surface area contributed by atoms with Crippen LogP contribution in [0.4, 0.5) is 19.3 Å². The fraction of sp³-hybridized carbons (Fsp3) is 0.406. The number of amides is 1. The van der Waals surface area contributed by atoms with Crippen LogP contribution >= 0.6 is 0 Å². The summed E-state index contributed by atoms with van der Waals surface area (Å²) in [4.78, 5) is 17.0. The van der Waals surface area contributed by atoms with Crippen molar-refractivity contribution >= 4 is 11.8 Å². The third-order valence-electron chi connectivity index (χ3n) is 7.32. The number of fused-ring (bicyclic) bond motifs is 1. The van der Waals surface area contributed by atoms with Crippen molar-refractivity contribution in [1.29, 1.82) is 0 Å². The van der Waals surface area contributed by atoms with Gasteiger partial charge in [-0.25, -0.2) is 13.6 Å². The Bertz CT molecular complexity index is 1240. The van der Waals surface area contributed by atoms with Gasteiger partial charge in [0, 0.05) is 43.4 Å². The number of carbonyl (C=O) groups excluding carboxylic acids is 1. The number of hydrogen-bond donors (Lipinski definition) is 1. The maximum atomic E-state index is 13.9. The van der Waals surface area contributed by atoms with Crippen molar-refractivity contribution in [1.82, 2.24) is 10.2 Å². The molecule has 1 heterocycles. The van der Waals surface area contributed by atoms with E-state index in [1.54, 1.807) is 18.2 Å². The van der Waals surface area contributed by atoms with E-state index in [-0.39, 0.29) is 29.8 Å². The second-order valence-electron chi connectivity index (χ2n) is 11.1. The summed E-state index contributed by atoms with van der Waals surface area (Å²) in [5, 5.41) is 2.84. The number of carbonyl (C=O) groups is 1. The van der Waals surface area contributed by atoms with Gasteiger partial charge in [0.2, 0.25) is 0 Å². The number of anilines is 1. The SMILES string of the molecule is CCN(c1ccc(CNC(=O)OCCN2Cc3ccc(F)cc3CC2Cc2ccc(F)cc2)cc1)C(C)(C)C. The summed E-state index contributed by atoms with van der Waals surface area (Å²) in [6.45, 7) is 11.4. The molecule has 3 aromatic rings. The van der Waals surface area contributed by atoms with Gasteiger partial charge >= 0.3 is 6.09 Å². The van der Waals surface area contributed by atoms with Crippen molar-refractivity contribution in [3.63, 3.8) is 0 Å². The van der Waals surface area contributed by atoms with Crippen LogP contribution in [0.25, 0.3) is 0 Å². The van der Waals surface area contributed by atoms with Gasteiger partial charge in [-0.2, -0.15) is 0 Å². The molecule has 5 nitrogen and oxygen atoms in total. The van der Waals surface area contributed by atoms with E-state index in [4.69, 9.17) is 4.74 Å². The van der Waals surface area contributed by atoms with Gasteiger partial charge in [0.25, 0.3) is 0 Å². The van der Waals surface area contributed by atoms with E-state index in [2.05, 4.69) is 54.9 Å². The van der Waals surface area contributed by atoms with E-state index in [0.717, 1.165) is 34.5 Å². The monoisotopic (exact) mass is 535 g/mol. The molecule has 1 aliphatic rings. The lowest BCUT2D eigenvalue weighted by Crippen LogP contribution is -2.44. The van der Waals surface area contributed by atoms with Gasteiger partial charge in [0.1, 0.15) is 18.2 Å². The molecule has 1 aliphatic heterocycles. The Morgan fingerprint density at radius 2 is 1.64 bits per heavy atom. The lowest BCUT2D eigenvalue weighted by atomic mass is 9.90. The van der Waals surface area contributed by atoms with Gasteiger partial charge < -0.3 is 15.0 Å². The first-order valence-electron chi connectivity index (χ1n) is 13.7. The van der Waals surface area contributed by atoms with Crippen LogP contribution in [0.15, 0.2) is 66.7 Å². The molecule has 208 valence electrons. The number of alkyl carbamates (subject to hydrolysis) is 1. The first-order chi connectivity index (χ1) is 18.6. The molecule has 0 saturated carbocycles. The highest BCUT2D eigenvalue weighted by atomic mass is 19.1. The molecule has 7 heteroatoms. The lowest BCUT2D eigenvalue weighted by molar-refractivity contribution is 0.102. The molecular weight excluding hydrogens is 496 g/mol. The van der Waals surface area contributed by atoms with E-state index in [9.17, 15) is 13.6 Å². The zero-order valence-electron chi connectivity index (χ0n) is 23.3. The number of hydrogen-bond acceptors (Lipinski definition) is 4. The molecule has 1 unspecified atom stereocenters. The Hall–Kier alpha value is -3.45. The highest BCUT2D eigenvalue weighted by Gasteiger charge is 2.27. The fourth-order valence-electron chi connectivity index (χ4n) is 5.34. The van der Waals surface area contributed by atoms with Crippen LogP contribution in [0.5, 0.6) is 0 Å². The second-order valence-corrected chi connectivity index (χ2v) is 11.1.